The summed E-state index contributed by atoms with van der Waals surface area (Å²) < 4.78 is 7.80. The van der Waals surface area contributed by atoms with Gasteiger partial charge in [0.05, 0.1) is 22.8 Å². The van der Waals surface area contributed by atoms with Crippen LogP contribution in [0.25, 0.3) is 21.9 Å². The zero-order valence-corrected chi connectivity index (χ0v) is 19.6. The Balaban J connectivity index is 1.73. The van der Waals surface area contributed by atoms with Gasteiger partial charge in [-0.3, -0.25) is 9.78 Å². The molecule has 2 amide bonds. The normalized spacial score (nSPS) is 11.7. The number of carbonyl (C=O) groups is 2. The number of aromatic nitrogens is 3. The van der Waals surface area contributed by atoms with E-state index < -0.39 is 11.6 Å². The van der Waals surface area contributed by atoms with Crippen molar-refractivity contribution in [3.8, 4) is 0 Å². The summed E-state index contributed by atoms with van der Waals surface area (Å²) in [4.78, 5) is 32.4. The molecule has 2 aromatic heterocycles. The number of amides is 2. The second-order valence-corrected chi connectivity index (χ2v) is 8.74. The highest BCUT2D eigenvalue weighted by atomic mass is 16.5. The molecule has 3 N–H and O–H groups in total. The van der Waals surface area contributed by atoms with Gasteiger partial charge in [0.2, 0.25) is 5.91 Å². The maximum atomic E-state index is 12.6. The topological polar surface area (TPSA) is 118 Å². The summed E-state index contributed by atoms with van der Waals surface area (Å²) in [7, 11) is 0. The maximum Gasteiger partial charge on any atom is 0.404 e. The molecule has 0 aliphatic carbocycles. The monoisotopic (exact) mass is 455 g/mol. The lowest BCUT2D eigenvalue weighted by molar-refractivity contribution is -0.122. The van der Waals surface area contributed by atoms with Crippen LogP contribution < -0.4 is 10.6 Å². The lowest BCUT2D eigenvalue weighted by Gasteiger charge is -2.28. The molecule has 1 aromatic carbocycles. The quantitative estimate of drug-likeness (QED) is 0.357. The molecule has 0 atom stereocenters. The Kier molecular flexibility index (Phi) is 8.21. The van der Waals surface area contributed by atoms with E-state index in [4.69, 9.17) is 14.8 Å². The Labute approximate surface area is 193 Å². The smallest absolute Gasteiger partial charge is 0.404 e. The van der Waals surface area contributed by atoms with E-state index in [2.05, 4.69) is 20.2 Å². The average molecular weight is 456 g/mol. The van der Waals surface area contributed by atoms with Crippen LogP contribution in [0, 0.1) is 0 Å². The van der Waals surface area contributed by atoms with Crippen LogP contribution in [-0.4, -0.2) is 50.3 Å². The number of unbranched alkanes of at least 4 members (excludes halogenated alkanes) is 2. The Bertz CT molecular complexity index is 1110. The molecule has 9 heteroatoms. The van der Waals surface area contributed by atoms with Crippen LogP contribution in [0.15, 0.2) is 30.5 Å². The van der Waals surface area contributed by atoms with Crippen molar-refractivity contribution < 1.29 is 19.4 Å². The average Bonchev–Trinajstić information content (AvgIpc) is 3.11. The number of ether oxygens (including phenoxy) is 1. The number of carbonyl (C=O) groups excluding carboxylic acids is 1. The van der Waals surface area contributed by atoms with Gasteiger partial charge in [-0.25, -0.2) is 9.78 Å². The van der Waals surface area contributed by atoms with E-state index >= 15 is 0 Å². The number of nitrogens with one attached hydrogen (secondary N) is 2. The Morgan fingerprint density at radius 2 is 1.94 bits per heavy atom. The van der Waals surface area contributed by atoms with Crippen LogP contribution in [0.1, 0.15) is 52.3 Å². The summed E-state index contributed by atoms with van der Waals surface area (Å²) in [5.41, 5.74) is 2.18. The third-order valence-electron chi connectivity index (χ3n) is 5.38. The van der Waals surface area contributed by atoms with Crippen LogP contribution in [0.5, 0.6) is 0 Å². The van der Waals surface area contributed by atoms with Crippen molar-refractivity contribution in [3.05, 3.63) is 36.3 Å². The van der Waals surface area contributed by atoms with E-state index in [0.717, 1.165) is 34.2 Å². The van der Waals surface area contributed by atoms with Gasteiger partial charge in [-0.05, 0) is 39.7 Å². The van der Waals surface area contributed by atoms with E-state index in [1.807, 2.05) is 45.0 Å². The zero-order chi connectivity index (χ0) is 23.8. The number of nitrogens with zero attached hydrogens (tertiary/aromatic N) is 3. The molecule has 0 fully saturated rings. The second kappa shape index (κ2) is 11.1. The summed E-state index contributed by atoms with van der Waals surface area (Å²) in [6, 6.07) is 7.97. The van der Waals surface area contributed by atoms with Crippen molar-refractivity contribution in [1.82, 2.24) is 25.2 Å². The number of hydrogen-bond acceptors (Lipinski definition) is 5. The van der Waals surface area contributed by atoms with Crippen LogP contribution in [0.4, 0.5) is 4.79 Å². The highest BCUT2D eigenvalue weighted by Crippen LogP contribution is 2.26. The van der Waals surface area contributed by atoms with Gasteiger partial charge in [-0.1, -0.05) is 24.6 Å². The fourth-order valence-electron chi connectivity index (χ4n) is 3.94. The minimum Gasteiger partial charge on any atom is -0.465 e. The number of benzene rings is 1. The first-order chi connectivity index (χ1) is 15.8. The summed E-state index contributed by atoms with van der Waals surface area (Å²) in [5.74, 6) is 0.784. The standard InChI is InChI=1S/C24H33N5O4/c1-4-33-15-20-27-19-14-26-18-11-8-7-10-17(18)22(19)29(20)16-24(2,3)28-21(30)12-6-5-9-13-25-23(31)32/h7-8,10-11,14,25H,4-6,9,12-13,15-16H2,1-3H3,(H,28,30)(H,31,32). The predicted octanol–water partition coefficient (Wildman–Crippen LogP) is 3.84. The molecule has 9 nitrogen and oxygen atoms in total. The lowest BCUT2D eigenvalue weighted by atomic mass is 10.0. The van der Waals surface area contributed by atoms with Crippen LogP contribution >= 0.6 is 0 Å². The largest absolute Gasteiger partial charge is 0.465 e. The number of rotatable bonds is 12. The first-order valence-corrected chi connectivity index (χ1v) is 11.4. The molecule has 0 aliphatic heterocycles. The second-order valence-electron chi connectivity index (χ2n) is 8.74. The summed E-state index contributed by atoms with van der Waals surface area (Å²) in [6.07, 6.45) is 3.38. The highest BCUT2D eigenvalue weighted by Gasteiger charge is 2.25. The molecule has 178 valence electrons. The summed E-state index contributed by atoms with van der Waals surface area (Å²) in [5, 5.41) is 15.1. The van der Waals surface area contributed by atoms with Gasteiger partial charge < -0.3 is 25.0 Å². The van der Waals surface area contributed by atoms with Gasteiger partial charge in [0, 0.05) is 31.5 Å². The van der Waals surface area contributed by atoms with Crippen molar-refractivity contribution in [2.24, 2.45) is 0 Å². The number of imidazole rings is 1. The number of pyridine rings is 1. The maximum absolute atomic E-state index is 12.6. The Hall–Kier alpha value is -3.20. The SMILES string of the molecule is CCOCc1nc2cnc3ccccc3c2n1CC(C)(C)NC(=O)CCCCCNC(=O)O. The van der Waals surface area contributed by atoms with Gasteiger partial charge >= 0.3 is 6.09 Å². The van der Waals surface area contributed by atoms with Gasteiger partial charge in [0.25, 0.3) is 0 Å². The number of para-hydroxylation sites is 1. The van der Waals surface area contributed by atoms with E-state index in [0.29, 0.717) is 45.6 Å². The van der Waals surface area contributed by atoms with E-state index in [9.17, 15) is 9.59 Å². The molecule has 2 heterocycles. The van der Waals surface area contributed by atoms with Crippen LogP contribution in [0.2, 0.25) is 0 Å². The molecule has 0 saturated heterocycles. The van der Waals surface area contributed by atoms with Gasteiger partial charge in [0.1, 0.15) is 17.9 Å². The minimum absolute atomic E-state index is 0.0199. The highest BCUT2D eigenvalue weighted by molar-refractivity contribution is 6.02. The van der Waals surface area contributed by atoms with E-state index in [-0.39, 0.29) is 5.91 Å². The fourth-order valence-corrected chi connectivity index (χ4v) is 3.94. The van der Waals surface area contributed by atoms with Crippen molar-refractivity contribution >= 4 is 33.9 Å². The molecule has 3 rings (SSSR count). The lowest BCUT2D eigenvalue weighted by Crippen LogP contribution is -2.46. The van der Waals surface area contributed by atoms with Crippen molar-refractivity contribution in [2.45, 2.75) is 65.1 Å². The minimum atomic E-state index is -1.02. The zero-order valence-electron chi connectivity index (χ0n) is 19.6. The molecule has 0 aliphatic rings. The Morgan fingerprint density at radius 3 is 2.70 bits per heavy atom. The van der Waals surface area contributed by atoms with E-state index in [1.165, 1.54) is 0 Å². The Morgan fingerprint density at radius 1 is 1.15 bits per heavy atom. The first-order valence-electron chi connectivity index (χ1n) is 11.4. The molecule has 33 heavy (non-hydrogen) atoms. The fraction of sp³-hybridized carbons (Fsp3) is 0.500. The predicted molar refractivity (Wildman–Crippen MR) is 127 cm³/mol. The molecule has 0 bridgehead atoms. The molecule has 0 unspecified atom stereocenters. The molecule has 0 radical (unpaired) electrons. The summed E-state index contributed by atoms with van der Waals surface area (Å²) >= 11 is 0. The summed E-state index contributed by atoms with van der Waals surface area (Å²) in [6.45, 7) is 7.86. The number of fused-ring (bicyclic) bond motifs is 3. The van der Waals surface area contributed by atoms with E-state index in [1.54, 1.807) is 6.20 Å². The van der Waals surface area contributed by atoms with Gasteiger partial charge in [0.15, 0.2) is 0 Å². The molecule has 0 saturated carbocycles. The third kappa shape index (κ3) is 6.64. The molecule has 0 spiro atoms. The number of carboxylic acid groups (broad SMARTS) is 1. The van der Waals surface area contributed by atoms with Crippen LogP contribution in [-0.2, 0) is 22.7 Å². The van der Waals surface area contributed by atoms with Crippen LogP contribution in [0.3, 0.4) is 0 Å². The van der Waals surface area contributed by atoms with Gasteiger partial charge in [-0.15, -0.1) is 0 Å². The molecular weight excluding hydrogens is 422 g/mol. The van der Waals surface area contributed by atoms with Crippen molar-refractivity contribution in [2.75, 3.05) is 13.2 Å². The van der Waals surface area contributed by atoms with Crippen molar-refractivity contribution in [1.29, 1.82) is 0 Å². The third-order valence-corrected chi connectivity index (χ3v) is 5.38. The number of hydrogen-bond donors (Lipinski definition) is 3. The first kappa shape index (κ1) is 24.4. The van der Waals surface area contributed by atoms with Gasteiger partial charge in [-0.2, -0.15) is 0 Å². The molecule has 3 aromatic rings. The molecular formula is C24H33N5O4. The van der Waals surface area contributed by atoms with Crippen molar-refractivity contribution in [3.63, 3.8) is 0 Å².